The number of thiazole rings is 1. The molecule has 0 radical (unpaired) electrons. The second-order valence-electron chi connectivity index (χ2n) is 4.27. The molecule has 1 heterocycles. The lowest BCUT2D eigenvalue weighted by molar-refractivity contribution is 0.0992. The smallest absolute Gasteiger partial charge is 0.168 e. The molecule has 0 saturated heterocycles. The third-order valence-electron chi connectivity index (χ3n) is 2.42. The van der Waals surface area contributed by atoms with Gasteiger partial charge in [-0.15, -0.1) is 11.3 Å². The number of rotatable bonds is 5. The zero-order chi connectivity index (χ0) is 13.9. The van der Waals surface area contributed by atoms with Gasteiger partial charge in [0.2, 0.25) is 0 Å². The van der Waals surface area contributed by atoms with Crippen LogP contribution in [0.5, 0.6) is 0 Å². The largest absolute Gasteiger partial charge is 0.294 e. The summed E-state index contributed by atoms with van der Waals surface area (Å²) in [6.07, 6.45) is 1.37. The van der Waals surface area contributed by atoms with Crippen LogP contribution in [0.4, 0.5) is 0 Å². The maximum Gasteiger partial charge on any atom is 0.168 e. The summed E-state index contributed by atoms with van der Waals surface area (Å²) in [6, 6.07) is 8.98. The normalized spacial score (nSPS) is 11.4. The summed E-state index contributed by atoms with van der Waals surface area (Å²) in [5.41, 5.74) is 1.26. The van der Waals surface area contributed by atoms with Gasteiger partial charge >= 0.3 is 0 Å². The zero-order valence-electron chi connectivity index (χ0n) is 10.4. The Bertz CT molecular complexity index is 675. The molecule has 0 fully saturated rings. The van der Waals surface area contributed by atoms with E-state index in [1.807, 2.05) is 18.2 Å². The molecule has 0 aliphatic heterocycles. The van der Waals surface area contributed by atoms with Crippen molar-refractivity contribution in [1.82, 2.24) is 4.98 Å². The molecule has 100 valence electrons. The zero-order valence-corrected chi connectivity index (χ0v) is 12.0. The number of hydrogen-bond acceptors (Lipinski definition) is 5. The molecule has 0 unspecified atom stereocenters. The van der Waals surface area contributed by atoms with E-state index in [1.165, 1.54) is 17.6 Å². The van der Waals surface area contributed by atoms with E-state index < -0.39 is 9.84 Å². The summed E-state index contributed by atoms with van der Waals surface area (Å²) in [6.45, 7) is 0. The molecule has 0 bridgehead atoms. The first kappa shape index (κ1) is 13.9. The van der Waals surface area contributed by atoms with Crippen LogP contribution in [0.25, 0.3) is 0 Å². The lowest BCUT2D eigenvalue weighted by atomic mass is 10.1. The molecule has 2 aromatic rings. The molecule has 1 aromatic carbocycles. The van der Waals surface area contributed by atoms with Crippen LogP contribution in [-0.2, 0) is 22.0 Å². The van der Waals surface area contributed by atoms with E-state index in [-0.39, 0.29) is 18.0 Å². The van der Waals surface area contributed by atoms with Crippen LogP contribution in [0.1, 0.15) is 21.1 Å². The topological polar surface area (TPSA) is 64.1 Å². The second-order valence-corrected chi connectivity index (χ2v) is 7.35. The highest BCUT2D eigenvalue weighted by Crippen LogP contribution is 2.14. The Kier molecular flexibility index (Phi) is 4.11. The molecule has 4 nitrogen and oxygen atoms in total. The SMILES string of the molecule is CS(=O)(=O)Cc1nc(CC(=O)c2ccccc2)cs1. The van der Waals surface area contributed by atoms with E-state index in [1.54, 1.807) is 17.5 Å². The first-order valence-electron chi connectivity index (χ1n) is 5.63. The van der Waals surface area contributed by atoms with Crippen LogP contribution in [0.2, 0.25) is 0 Å². The Balaban J connectivity index is 2.07. The summed E-state index contributed by atoms with van der Waals surface area (Å²) in [4.78, 5) is 16.1. The van der Waals surface area contributed by atoms with E-state index in [4.69, 9.17) is 0 Å². The molecule has 19 heavy (non-hydrogen) atoms. The lowest BCUT2D eigenvalue weighted by Crippen LogP contribution is -2.04. The third kappa shape index (κ3) is 4.25. The van der Waals surface area contributed by atoms with Gasteiger partial charge < -0.3 is 0 Å². The Morgan fingerprint density at radius 1 is 1.26 bits per heavy atom. The number of carbonyl (C=O) groups is 1. The Morgan fingerprint density at radius 2 is 1.95 bits per heavy atom. The van der Waals surface area contributed by atoms with Gasteiger partial charge in [0.15, 0.2) is 15.6 Å². The van der Waals surface area contributed by atoms with E-state index >= 15 is 0 Å². The van der Waals surface area contributed by atoms with Crippen LogP contribution >= 0.6 is 11.3 Å². The molecule has 0 spiro atoms. The summed E-state index contributed by atoms with van der Waals surface area (Å²) in [5, 5.41) is 2.26. The van der Waals surface area contributed by atoms with Crippen LogP contribution in [0.15, 0.2) is 35.7 Å². The highest BCUT2D eigenvalue weighted by Gasteiger charge is 2.12. The summed E-state index contributed by atoms with van der Waals surface area (Å²) in [5.74, 6) is -0.0891. The van der Waals surface area contributed by atoms with E-state index in [0.29, 0.717) is 16.3 Å². The highest BCUT2D eigenvalue weighted by molar-refractivity contribution is 7.90. The molecule has 1 aromatic heterocycles. The van der Waals surface area contributed by atoms with E-state index in [2.05, 4.69) is 4.98 Å². The number of sulfone groups is 1. The van der Waals surface area contributed by atoms with Gasteiger partial charge in [-0.05, 0) is 0 Å². The fourth-order valence-electron chi connectivity index (χ4n) is 1.61. The molecule has 0 amide bonds. The van der Waals surface area contributed by atoms with E-state index in [0.717, 1.165) is 0 Å². The minimum atomic E-state index is -3.08. The molecule has 0 aliphatic rings. The standard InChI is InChI=1S/C13H13NO3S2/c1-19(16,17)9-13-14-11(8-18-13)7-12(15)10-5-3-2-4-6-10/h2-6,8H,7,9H2,1H3. The fraction of sp³-hybridized carbons (Fsp3) is 0.231. The quantitative estimate of drug-likeness (QED) is 0.793. The fourth-order valence-corrected chi connectivity index (χ4v) is 3.62. The van der Waals surface area contributed by atoms with Gasteiger partial charge in [0.1, 0.15) is 10.8 Å². The predicted molar refractivity (Wildman–Crippen MR) is 75.1 cm³/mol. The van der Waals surface area contributed by atoms with Gasteiger partial charge in [0, 0.05) is 17.2 Å². The first-order valence-corrected chi connectivity index (χ1v) is 8.57. The first-order chi connectivity index (χ1) is 8.94. The predicted octanol–water partition coefficient (Wildman–Crippen LogP) is 2.11. The van der Waals surface area contributed by atoms with Crippen molar-refractivity contribution in [2.24, 2.45) is 0 Å². The highest BCUT2D eigenvalue weighted by atomic mass is 32.2. The number of hydrogen-bond donors (Lipinski definition) is 0. The Hall–Kier alpha value is -1.53. The van der Waals surface area contributed by atoms with Crippen molar-refractivity contribution in [1.29, 1.82) is 0 Å². The Morgan fingerprint density at radius 3 is 2.58 bits per heavy atom. The Labute approximate surface area is 116 Å². The molecule has 0 saturated carbocycles. The molecular weight excluding hydrogens is 282 g/mol. The number of aromatic nitrogens is 1. The van der Waals surface area contributed by atoms with Crippen molar-refractivity contribution in [2.75, 3.05) is 6.26 Å². The minimum absolute atomic E-state index is 0.0168. The summed E-state index contributed by atoms with van der Waals surface area (Å²) < 4.78 is 22.3. The van der Waals surface area contributed by atoms with Crippen molar-refractivity contribution < 1.29 is 13.2 Å². The minimum Gasteiger partial charge on any atom is -0.294 e. The van der Waals surface area contributed by atoms with Crippen LogP contribution < -0.4 is 0 Å². The molecule has 0 atom stereocenters. The van der Waals surface area contributed by atoms with E-state index in [9.17, 15) is 13.2 Å². The van der Waals surface area contributed by atoms with Crippen LogP contribution in [0.3, 0.4) is 0 Å². The third-order valence-corrected chi connectivity index (χ3v) is 4.30. The average Bonchev–Trinajstić information content (AvgIpc) is 2.75. The maximum absolute atomic E-state index is 12.0. The molecular formula is C13H13NO3S2. The number of ketones is 1. The lowest BCUT2D eigenvalue weighted by Gasteiger charge is -1.97. The van der Waals surface area contributed by atoms with Crippen LogP contribution in [0, 0.1) is 0 Å². The van der Waals surface area contributed by atoms with Gasteiger partial charge in [-0.3, -0.25) is 4.79 Å². The van der Waals surface area contributed by atoms with Crippen molar-refractivity contribution in [3.8, 4) is 0 Å². The summed E-state index contributed by atoms with van der Waals surface area (Å²) in [7, 11) is -3.08. The number of benzene rings is 1. The molecule has 6 heteroatoms. The van der Waals surface area contributed by atoms with Gasteiger partial charge in [0.25, 0.3) is 0 Å². The van der Waals surface area contributed by atoms with Gasteiger partial charge in [0.05, 0.1) is 12.1 Å². The van der Waals surface area contributed by atoms with Gasteiger partial charge in [-0.2, -0.15) is 0 Å². The molecule has 0 N–H and O–H groups in total. The maximum atomic E-state index is 12.0. The van der Waals surface area contributed by atoms with Crippen molar-refractivity contribution in [3.63, 3.8) is 0 Å². The van der Waals surface area contributed by atoms with Crippen molar-refractivity contribution in [2.45, 2.75) is 12.2 Å². The van der Waals surface area contributed by atoms with Gasteiger partial charge in [-0.25, -0.2) is 13.4 Å². The average molecular weight is 295 g/mol. The second kappa shape index (κ2) is 5.63. The molecule has 2 rings (SSSR count). The number of nitrogens with zero attached hydrogens (tertiary/aromatic N) is 1. The monoisotopic (exact) mass is 295 g/mol. The van der Waals surface area contributed by atoms with Crippen LogP contribution in [-0.4, -0.2) is 25.4 Å². The van der Waals surface area contributed by atoms with Gasteiger partial charge in [-0.1, -0.05) is 30.3 Å². The van der Waals surface area contributed by atoms with Crippen molar-refractivity contribution >= 4 is 27.0 Å². The number of Topliss-reactive ketones (excluding diaryl/α,β-unsaturated/α-hetero) is 1. The number of carbonyl (C=O) groups excluding carboxylic acids is 1. The molecule has 0 aliphatic carbocycles. The summed E-state index contributed by atoms with van der Waals surface area (Å²) >= 11 is 1.27. The van der Waals surface area contributed by atoms with Crippen molar-refractivity contribution in [3.05, 3.63) is 52.0 Å².